The molecule has 2 heteroatoms. The van der Waals surface area contributed by atoms with E-state index in [1.807, 2.05) is 0 Å². The smallest absolute Gasteiger partial charge is 0.303 e. The van der Waals surface area contributed by atoms with E-state index in [-0.39, 0.29) is 11.6 Å². The van der Waals surface area contributed by atoms with Gasteiger partial charge in [-0.15, -0.1) is 0 Å². The lowest BCUT2D eigenvalue weighted by Gasteiger charge is -2.42. The second-order valence-electron chi connectivity index (χ2n) is 7.63. The van der Waals surface area contributed by atoms with Gasteiger partial charge >= 0.3 is 5.97 Å². The van der Waals surface area contributed by atoms with Crippen molar-refractivity contribution >= 4 is 5.97 Å². The Morgan fingerprint density at radius 3 is 2.47 bits per heavy atom. The van der Waals surface area contributed by atoms with Gasteiger partial charge in [-0.25, -0.2) is 0 Å². The minimum Gasteiger partial charge on any atom is -0.459 e. The molecule has 5 atom stereocenters. The summed E-state index contributed by atoms with van der Waals surface area (Å²) in [6.45, 7) is 1.60. The summed E-state index contributed by atoms with van der Waals surface area (Å²) in [5.74, 6) is 4.52. The molecule has 4 aliphatic carbocycles. The van der Waals surface area contributed by atoms with Crippen molar-refractivity contribution in [3.8, 4) is 0 Å². The van der Waals surface area contributed by atoms with Crippen molar-refractivity contribution in [3.63, 3.8) is 0 Å². The van der Waals surface area contributed by atoms with Crippen LogP contribution in [0.3, 0.4) is 0 Å². The Bertz CT molecular complexity index is 383. The first-order chi connectivity index (χ1) is 9.20. The molecule has 19 heavy (non-hydrogen) atoms. The molecule has 0 N–H and O–H groups in total. The van der Waals surface area contributed by atoms with Gasteiger partial charge in [0.25, 0.3) is 0 Å². The van der Waals surface area contributed by atoms with E-state index in [2.05, 4.69) is 0 Å². The molecule has 4 rings (SSSR count). The van der Waals surface area contributed by atoms with E-state index < -0.39 is 0 Å². The lowest BCUT2D eigenvalue weighted by atomic mass is 9.68. The molecule has 2 bridgehead atoms. The Morgan fingerprint density at radius 1 is 1.00 bits per heavy atom. The molecule has 0 heterocycles. The van der Waals surface area contributed by atoms with Crippen LogP contribution in [0, 0.1) is 29.6 Å². The van der Waals surface area contributed by atoms with E-state index in [0.29, 0.717) is 5.92 Å². The number of carbonyl (C=O) groups excluding carboxylic acids is 1. The summed E-state index contributed by atoms with van der Waals surface area (Å²) in [5.41, 5.74) is -0.0567. The zero-order chi connectivity index (χ0) is 13.0. The number of rotatable bonds is 2. The van der Waals surface area contributed by atoms with Crippen molar-refractivity contribution < 1.29 is 9.53 Å². The van der Waals surface area contributed by atoms with Gasteiger partial charge in [0.05, 0.1) is 0 Å². The van der Waals surface area contributed by atoms with Gasteiger partial charge in [-0.2, -0.15) is 0 Å². The number of carbonyl (C=O) groups is 1. The Labute approximate surface area is 116 Å². The molecule has 5 unspecified atom stereocenters. The van der Waals surface area contributed by atoms with Crippen LogP contribution in [-0.2, 0) is 9.53 Å². The molecule has 4 aliphatic rings. The first-order valence-corrected chi connectivity index (χ1v) is 8.39. The Hall–Kier alpha value is -0.530. The van der Waals surface area contributed by atoms with Crippen LogP contribution >= 0.6 is 0 Å². The first-order valence-electron chi connectivity index (χ1n) is 8.39. The number of hydrogen-bond acceptors (Lipinski definition) is 2. The van der Waals surface area contributed by atoms with Gasteiger partial charge in [-0.1, -0.05) is 6.42 Å². The second kappa shape index (κ2) is 4.23. The van der Waals surface area contributed by atoms with Crippen LogP contribution < -0.4 is 0 Å². The van der Waals surface area contributed by atoms with E-state index in [9.17, 15) is 4.79 Å². The number of esters is 1. The lowest BCUT2D eigenvalue weighted by molar-refractivity contribution is -0.167. The third kappa shape index (κ3) is 1.71. The van der Waals surface area contributed by atoms with Gasteiger partial charge in [-0.05, 0) is 75.0 Å². The van der Waals surface area contributed by atoms with Gasteiger partial charge in [0.15, 0.2) is 0 Å². The van der Waals surface area contributed by atoms with E-state index in [0.717, 1.165) is 36.5 Å². The fourth-order valence-corrected chi connectivity index (χ4v) is 6.48. The molecule has 0 spiro atoms. The monoisotopic (exact) mass is 262 g/mol. The van der Waals surface area contributed by atoms with Crippen molar-refractivity contribution in [2.45, 2.75) is 70.3 Å². The molecule has 0 saturated heterocycles. The minimum absolute atomic E-state index is 0.0485. The predicted octanol–water partition coefficient (Wildman–Crippen LogP) is 3.93. The summed E-state index contributed by atoms with van der Waals surface area (Å²) >= 11 is 0. The average Bonchev–Trinajstić information content (AvgIpc) is 3.10. The minimum atomic E-state index is -0.0567. The fraction of sp³-hybridized carbons (Fsp3) is 0.941. The lowest BCUT2D eigenvalue weighted by Crippen LogP contribution is -2.44. The Kier molecular flexibility index (Phi) is 2.72. The quantitative estimate of drug-likeness (QED) is 0.705. The third-order valence-electron chi connectivity index (χ3n) is 6.90. The predicted molar refractivity (Wildman–Crippen MR) is 73.5 cm³/mol. The van der Waals surface area contributed by atoms with Crippen LogP contribution in [0.5, 0.6) is 0 Å². The van der Waals surface area contributed by atoms with Gasteiger partial charge in [0.2, 0.25) is 0 Å². The largest absolute Gasteiger partial charge is 0.459 e. The molecule has 2 nitrogen and oxygen atoms in total. The molecule has 0 aromatic carbocycles. The van der Waals surface area contributed by atoms with Crippen LogP contribution in [0.2, 0.25) is 0 Å². The zero-order valence-electron chi connectivity index (χ0n) is 12.1. The van der Waals surface area contributed by atoms with Gasteiger partial charge in [-0.3, -0.25) is 4.79 Å². The SMILES string of the molecule is CC(=O)OC1(C2CC3CC2C2CCCC32)CCCC1. The van der Waals surface area contributed by atoms with Crippen LogP contribution in [0.15, 0.2) is 0 Å². The zero-order valence-corrected chi connectivity index (χ0v) is 12.1. The summed E-state index contributed by atoms with van der Waals surface area (Å²) in [6, 6.07) is 0. The Morgan fingerprint density at radius 2 is 1.74 bits per heavy atom. The topological polar surface area (TPSA) is 26.3 Å². The summed E-state index contributed by atoms with van der Waals surface area (Å²) in [5, 5.41) is 0. The van der Waals surface area contributed by atoms with E-state index in [1.165, 1.54) is 44.9 Å². The maximum absolute atomic E-state index is 11.6. The van der Waals surface area contributed by atoms with Crippen molar-refractivity contribution in [3.05, 3.63) is 0 Å². The van der Waals surface area contributed by atoms with Crippen LogP contribution in [0.25, 0.3) is 0 Å². The van der Waals surface area contributed by atoms with Crippen molar-refractivity contribution in [1.29, 1.82) is 0 Å². The Balaban J connectivity index is 1.60. The summed E-state index contributed by atoms with van der Waals surface area (Å²) in [7, 11) is 0. The molecule has 4 saturated carbocycles. The highest BCUT2D eigenvalue weighted by Crippen LogP contribution is 2.65. The third-order valence-corrected chi connectivity index (χ3v) is 6.90. The number of fused-ring (bicyclic) bond motifs is 5. The highest BCUT2D eigenvalue weighted by atomic mass is 16.6. The molecule has 0 aromatic heterocycles. The normalized spacial score (nSPS) is 46.5. The molecule has 0 amide bonds. The van der Waals surface area contributed by atoms with E-state index in [4.69, 9.17) is 4.74 Å². The summed E-state index contributed by atoms with van der Waals surface area (Å²) in [6.07, 6.45) is 12.0. The van der Waals surface area contributed by atoms with Crippen LogP contribution in [0.4, 0.5) is 0 Å². The van der Waals surface area contributed by atoms with Gasteiger partial charge in [0.1, 0.15) is 5.60 Å². The van der Waals surface area contributed by atoms with Crippen LogP contribution in [-0.4, -0.2) is 11.6 Å². The number of ether oxygens (including phenoxy) is 1. The van der Waals surface area contributed by atoms with Gasteiger partial charge in [0, 0.05) is 12.8 Å². The van der Waals surface area contributed by atoms with E-state index >= 15 is 0 Å². The molecule has 4 fully saturated rings. The molecular weight excluding hydrogens is 236 g/mol. The van der Waals surface area contributed by atoms with E-state index in [1.54, 1.807) is 6.92 Å². The fourth-order valence-electron chi connectivity index (χ4n) is 6.48. The number of hydrogen-bond donors (Lipinski definition) is 0. The summed E-state index contributed by atoms with van der Waals surface area (Å²) in [4.78, 5) is 11.6. The molecule has 0 radical (unpaired) electrons. The van der Waals surface area contributed by atoms with Crippen molar-refractivity contribution in [1.82, 2.24) is 0 Å². The first kappa shape index (κ1) is 12.2. The van der Waals surface area contributed by atoms with Crippen molar-refractivity contribution in [2.75, 3.05) is 0 Å². The molecule has 0 aromatic rings. The van der Waals surface area contributed by atoms with Crippen LogP contribution in [0.1, 0.15) is 64.7 Å². The maximum Gasteiger partial charge on any atom is 0.303 e. The highest BCUT2D eigenvalue weighted by Gasteiger charge is 2.60. The summed E-state index contributed by atoms with van der Waals surface area (Å²) < 4.78 is 5.94. The average molecular weight is 262 g/mol. The standard InChI is InChI=1S/C17H26O2/c1-11(18)19-17(7-2-3-8-17)16-10-12-9-15(16)14-6-4-5-13(12)14/h12-16H,2-10H2,1H3. The highest BCUT2D eigenvalue weighted by molar-refractivity contribution is 5.66. The van der Waals surface area contributed by atoms with Gasteiger partial charge < -0.3 is 4.74 Å². The second-order valence-corrected chi connectivity index (χ2v) is 7.63. The van der Waals surface area contributed by atoms with Crippen molar-refractivity contribution in [2.24, 2.45) is 29.6 Å². The molecular formula is C17H26O2. The molecule has 0 aliphatic heterocycles. The molecule has 106 valence electrons. The maximum atomic E-state index is 11.6.